The van der Waals surface area contributed by atoms with Crippen LogP contribution in [0.1, 0.15) is 182 Å². The Morgan fingerprint density at radius 1 is 0.554 bits per heavy atom. The first-order valence-corrected chi connectivity index (χ1v) is 29.7. The van der Waals surface area contributed by atoms with E-state index in [9.17, 15) is 62.6 Å². The van der Waals surface area contributed by atoms with Crippen LogP contribution in [-0.4, -0.2) is 170 Å². The standard InChI is InChI=1S/C58H102N12O13/c1-18-34(10)44(50(78)60-38(29-31(4)5)47(75)67-56(13,14)54(82)69-27-21-23-40(69)48(76)61-39(30-71)32(6)7)65-49(77)41-24-22-28-70(41)55(83)57(15,16)68-52(80)43(33(8)9)63-51(79)45(35(11)19-2)64-46(74)37(25-26-42(59)73)62-53(81)58(17,20-3)66-36(12)72/h31-35,37-41,43-45,71H,18-30H2,1-17H3,(H2,59,73)(H,60,78)(H,61,76)(H,62,81)(H,63,79)(H,64,74)(H,65,77)(H,66,72)(H,67,75)(H,68,80)/t34-,35+,37-,38-,39+,40-,41-,43-,44-,45-,58+/m0/s1. The minimum Gasteiger partial charge on any atom is -0.394 e. The number of carbonyl (C=O) groups is 12. The number of primary amides is 1. The maximum absolute atomic E-state index is 14.5. The predicted molar refractivity (Wildman–Crippen MR) is 312 cm³/mol. The second-order valence-corrected chi connectivity index (χ2v) is 25.1. The number of aliphatic hydroxyl groups is 1. The highest BCUT2D eigenvalue weighted by molar-refractivity contribution is 6.01. The van der Waals surface area contributed by atoms with Gasteiger partial charge in [-0.15, -0.1) is 0 Å². The summed E-state index contributed by atoms with van der Waals surface area (Å²) in [6, 6.07) is -8.54. The number of nitrogens with two attached hydrogens (primary N) is 1. The minimum absolute atomic E-state index is 0.0534. The summed E-state index contributed by atoms with van der Waals surface area (Å²) < 4.78 is 0. The van der Waals surface area contributed by atoms with E-state index >= 15 is 0 Å². The third-order valence-corrected chi connectivity index (χ3v) is 16.0. The van der Waals surface area contributed by atoms with Crippen LogP contribution in [0.3, 0.4) is 0 Å². The van der Waals surface area contributed by atoms with Gasteiger partial charge in [0.1, 0.15) is 58.9 Å². The molecule has 0 radical (unpaired) electrons. The van der Waals surface area contributed by atoms with Gasteiger partial charge in [0, 0.05) is 26.4 Å². The molecule has 0 aliphatic carbocycles. The van der Waals surface area contributed by atoms with E-state index in [0.717, 1.165) is 0 Å². The maximum Gasteiger partial charge on any atom is 0.248 e. The Hall–Kier alpha value is -6.40. The Bertz CT molecular complexity index is 2330. The fourth-order valence-corrected chi connectivity index (χ4v) is 10.1. The number of rotatable bonds is 32. The summed E-state index contributed by atoms with van der Waals surface area (Å²) in [7, 11) is 0. The maximum atomic E-state index is 14.5. The number of nitrogens with zero attached hydrogens (tertiary/aromatic N) is 2. The zero-order valence-corrected chi connectivity index (χ0v) is 52.5. The highest BCUT2D eigenvalue weighted by Gasteiger charge is 2.46. The van der Waals surface area contributed by atoms with Crippen molar-refractivity contribution in [2.75, 3.05) is 19.7 Å². The van der Waals surface area contributed by atoms with Gasteiger partial charge in [-0.1, -0.05) is 89.0 Å². The average Bonchev–Trinajstić information content (AvgIpc) is 4.17. The highest BCUT2D eigenvalue weighted by Crippen LogP contribution is 2.25. The third-order valence-electron chi connectivity index (χ3n) is 16.0. The monoisotopic (exact) mass is 1170 g/mol. The van der Waals surface area contributed by atoms with Gasteiger partial charge in [0.15, 0.2) is 0 Å². The molecule has 25 heteroatoms. The molecule has 2 aliphatic heterocycles. The fraction of sp³-hybridized carbons (Fsp3) is 0.793. The van der Waals surface area contributed by atoms with Gasteiger partial charge in [-0.05, 0) is 109 Å². The molecule has 12 amide bonds. The number of amides is 12. The van der Waals surface area contributed by atoms with Crippen molar-refractivity contribution in [1.29, 1.82) is 0 Å². The van der Waals surface area contributed by atoms with Crippen LogP contribution in [0.2, 0.25) is 0 Å². The molecule has 2 heterocycles. The van der Waals surface area contributed by atoms with E-state index in [2.05, 4.69) is 47.9 Å². The van der Waals surface area contributed by atoms with Crippen molar-refractivity contribution in [2.45, 2.75) is 247 Å². The van der Waals surface area contributed by atoms with E-state index in [0.29, 0.717) is 32.1 Å². The molecule has 11 atom stereocenters. The molecule has 83 heavy (non-hydrogen) atoms. The Labute approximate surface area is 491 Å². The topological polar surface area (TPSA) is 366 Å². The highest BCUT2D eigenvalue weighted by atomic mass is 16.3. The SMILES string of the molecule is CC[C@@H](C)[C@H](NC(=O)[C@H](CCC(N)=O)NC(=O)[C@@](C)(CC)NC(C)=O)C(=O)N[C@H](C(=O)NC(C)(C)C(=O)N1CCC[C@H]1C(=O)N[C@H](C(=O)N[C@@H](CC(C)C)C(=O)NC(C)(C)C(=O)N1CCC[C@H]1C(=O)N[C@H](CO)C(C)C)[C@@H](C)CC)C(C)C. The summed E-state index contributed by atoms with van der Waals surface area (Å²) >= 11 is 0. The molecule has 0 spiro atoms. The summed E-state index contributed by atoms with van der Waals surface area (Å²) in [5, 5.41) is 34.5. The molecule has 0 aromatic rings. The van der Waals surface area contributed by atoms with Gasteiger partial charge in [0.05, 0.1) is 12.6 Å². The summed E-state index contributed by atoms with van der Waals surface area (Å²) in [5.41, 5.74) is 0.816. The van der Waals surface area contributed by atoms with Gasteiger partial charge >= 0.3 is 0 Å². The Balaban J connectivity index is 2.31. The van der Waals surface area contributed by atoms with Crippen LogP contribution in [0.25, 0.3) is 0 Å². The number of aliphatic hydroxyl groups excluding tert-OH is 1. The molecule has 12 N–H and O–H groups in total. The normalized spacial score (nSPS) is 19.1. The van der Waals surface area contributed by atoms with Gasteiger partial charge in [-0.2, -0.15) is 0 Å². The van der Waals surface area contributed by atoms with Crippen molar-refractivity contribution in [1.82, 2.24) is 57.7 Å². The predicted octanol–water partition coefficient (Wildman–Crippen LogP) is 0.680. The van der Waals surface area contributed by atoms with E-state index in [1.165, 1.54) is 51.3 Å². The first-order valence-electron chi connectivity index (χ1n) is 29.7. The molecule has 0 unspecified atom stereocenters. The van der Waals surface area contributed by atoms with Crippen molar-refractivity contribution >= 4 is 70.9 Å². The number of nitrogens with one attached hydrogen (secondary N) is 9. The molecule has 25 nitrogen and oxygen atoms in total. The zero-order chi connectivity index (χ0) is 63.6. The molecule has 472 valence electrons. The fourth-order valence-electron chi connectivity index (χ4n) is 10.1. The van der Waals surface area contributed by atoms with Gasteiger partial charge in [-0.3, -0.25) is 57.5 Å². The molecule has 0 aromatic carbocycles. The summed E-state index contributed by atoms with van der Waals surface area (Å²) in [6.45, 7) is 28.4. The lowest BCUT2D eigenvalue weighted by Crippen LogP contribution is -2.65. The molecule has 2 aliphatic rings. The van der Waals surface area contributed by atoms with Gasteiger partial charge in [-0.25, -0.2) is 0 Å². The van der Waals surface area contributed by atoms with Gasteiger partial charge in [0.25, 0.3) is 0 Å². The number of carbonyl (C=O) groups excluding carboxylic acids is 12. The second-order valence-electron chi connectivity index (χ2n) is 25.1. The lowest BCUT2D eigenvalue weighted by Gasteiger charge is -2.36. The van der Waals surface area contributed by atoms with Crippen LogP contribution in [0.5, 0.6) is 0 Å². The van der Waals surface area contributed by atoms with Crippen molar-refractivity contribution in [2.24, 2.45) is 35.3 Å². The Kier molecular flexibility index (Phi) is 28.1. The third kappa shape index (κ3) is 20.7. The molecule has 0 bridgehead atoms. The Morgan fingerprint density at radius 3 is 1.43 bits per heavy atom. The molecule has 2 fully saturated rings. The van der Waals surface area contributed by atoms with Crippen LogP contribution in [0, 0.1) is 29.6 Å². The van der Waals surface area contributed by atoms with E-state index in [-0.39, 0.29) is 63.6 Å². The average molecular weight is 1180 g/mol. The first kappa shape index (κ1) is 72.7. The molecular formula is C58H102N12O13. The lowest BCUT2D eigenvalue weighted by atomic mass is 9.94. The quantitative estimate of drug-likeness (QED) is 0.0442. The molecular weight excluding hydrogens is 1070 g/mol. The summed E-state index contributed by atoms with van der Waals surface area (Å²) in [4.78, 5) is 167. The van der Waals surface area contributed by atoms with E-state index in [4.69, 9.17) is 5.73 Å². The summed E-state index contributed by atoms with van der Waals surface area (Å²) in [5.74, 6) is -9.41. The van der Waals surface area contributed by atoms with E-state index in [1.807, 2.05) is 34.6 Å². The molecule has 2 saturated heterocycles. The van der Waals surface area contributed by atoms with Crippen molar-refractivity contribution in [3.05, 3.63) is 0 Å². The van der Waals surface area contributed by atoms with Crippen LogP contribution < -0.4 is 53.6 Å². The molecule has 0 saturated carbocycles. The van der Waals surface area contributed by atoms with Crippen molar-refractivity contribution < 1.29 is 62.6 Å². The number of hydrogen-bond acceptors (Lipinski definition) is 13. The second kappa shape index (κ2) is 32.0. The van der Waals surface area contributed by atoms with Gasteiger partial charge < -0.3 is 68.5 Å². The lowest BCUT2D eigenvalue weighted by molar-refractivity contribution is -0.146. The summed E-state index contributed by atoms with van der Waals surface area (Å²) in [6.07, 6.45) is 2.22. The van der Waals surface area contributed by atoms with E-state index in [1.54, 1.807) is 41.5 Å². The minimum atomic E-state index is -1.66. The Morgan fingerprint density at radius 2 is 1.01 bits per heavy atom. The van der Waals surface area contributed by atoms with Crippen LogP contribution >= 0.6 is 0 Å². The smallest absolute Gasteiger partial charge is 0.248 e. The van der Waals surface area contributed by atoms with Crippen LogP contribution in [-0.2, 0) is 57.5 Å². The zero-order valence-electron chi connectivity index (χ0n) is 52.5. The van der Waals surface area contributed by atoms with Gasteiger partial charge in [0.2, 0.25) is 70.9 Å². The van der Waals surface area contributed by atoms with Crippen LogP contribution in [0.4, 0.5) is 0 Å². The van der Waals surface area contributed by atoms with Crippen molar-refractivity contribution in [3.63, 3.8) is 0 Å². The number of hydrogen-bond donors (Lipinski definition) is 11. The van der Waals surface area contributed by atoms with E-state index < -0.39 is 154 Å². The van der Waals surface area contributed by atoms with Crippen LogP contribution in [0.15, 0.2) is 0 Å². The van der Waals surface area contributed by atoms with Crippen molar-refractivity contribution in [3.8, 4) is 0 Å². The molecule has 2 rings (SSSR count). The molecule has 0 aromatic heterocycles. The largest absolute Gasteiger partial charge is 0.394 e. The first-order chi connectivity index (χ1) is 38.4. The number of likely N-dealkylation sites (tertiary alicyclic amines) is 2.